The van der Waals surface area contributed by atoms with E-state index >= 15 is 0 Å². The quantitative estimate of drug-likeness (QED) is 0.833. The Hall–Kier alpha value is -1.02. The summed E-state index contributed by atoms with van der Waals surface area (Å²) < 4.78 is 0. The summed E-state index contributed by atoms with van der Waals surface area (Å²) in [5.41, 5.74) is 0.921. The Morgan fingerprint density at radius 3 is 2.59 bits per heavy atom. The first-order chi connectivity index (χ1) is 8.04. The van der Waals surface area contributed by atoms with E-state index in [1.54, 1.807) is 6.07 Å². The topological polar surface area (TPSA) is 37.3 Å². The molecule has 0 spiro atoms. The van der Waals surface area contributed by atoms with Crippen LogP contribution in [-0.2, 0) is 11.2 Å². The molecule has 0 radical (unpaired) electrons. The average molecular weight is 255 g/mol. The molecule has 0 saturated heterocycles. The number of hydrogen-bond donors (Lipinski definition) is 1. The molecule has 1 aromatic carbocycles. The molecule has 1 rings (SSSR count). The minimum atomic E-state index is -0.731. The molecule has 94 valence electrons. The molecule has 0 amide bonds. The van der Waals surface area contributed by atoms with Gasteiger partial charge in [0.15, 0.2) is 0 Å². The molecule has 0 fully saturated rings. The smallest absolute Gasteiger partial charge is 0.306 e. The molecule has 17 heavy (non-hydrogen) atoms. The molecule has 0 aromatic heterocycles. The van der Waals surface area contributed by atoms with Gasteiger partial charge in [-0.05, 0) is 30.4 Å². The van der Waals surface area contributed by atoms with Crippen molar-refractivity contribution in [1.82, 2.24) is 0 Å². The molecule has 0 saturated carbocycles. The Labute approximate surface area is 108 Å². The van der Waals surface area contributed by atoms with E-state index in [0.717, 1.165) is 12.0 Å². The van der Waals surface area contributed by atoms with Gasteiger partial charge in [0.1, 0.15) is 0 Å². The summed E-state index contributed by atoms with van der Waals surface area (Å²) in [6, 6.07) is 7.45. The van der Waals surface area contributed by atoms with E-state index in [-0.39, 0.29) is 5.92 Å². The van der Waals surface area contributed by atoms with Crippen LogP contribution in [0.25, 0.3) is 0 Å². The van der Waals surface area contributed by atoms with Crippen molar-refractivity contribution in [3.8, 4) is 0 Å². The fraction of sp³-hybridized carbons (Fsp3) is 0.500. The SMILES string of the molecule is CCC(C)CC(Cc1ccccc1Cl)C(=O)O. The van der Waals surface area contributed by atoms with Gasteiger partial charge >= 0.3 is 5.97 Å². The van der Waals surface area contributed by atoms with Crippen LogP contribution in [0.2, 0.25) is 5.02 Å². The van der Waals surface area contributed by atoms with Gasteiger partial charge in [0.25, 0.3) is 0 Å². The highest BCUT2D eigenvalue weighted by atomic mass is 35.5. The van der Waals surface area contributed by atoms with Gasteiger partial charge in [-0.1, -0.05) is 50.1 Å². The third-order valence-corrected chi connectivity index (χ3v) is 3.53. The van der Waals surface area contributed by atoms with E-state index in [1.165, 1.54) is 0 Å². The summed E-state index contributed by atoms with van der Waals surface area (Å²) in [5.74, 6) is -0.645. The molecule has 0 aliphatic carbocycles. The lowest BCUT2D eigenvalue weighted by atomic mass is 9.89. The van der Waals surface area contributed by atoms with Crippen LogP contribution in [0, 0.1) is 11.8 Å². The van der Waals surface area contributed by atoms with Gasteiger partial charge in [-0.15, -0.1) is 0 Å². The van der Waals surface area contributed by atoms with Gasteiger partial charge in [0, 0.05) is 5.02 Å². The predicted octanol–water partition coefficient (Wildman–Crippen LogP) is 4.02. The molecule has 1 N–H and O–H groups in total. The molecule has 2 unspecified atom stereocenters. The maximum absolute atomic E-state index is 11.2. The lowest BCUT2D eigenvalue weighted by molar-refractivity contribution is -0.142. The first kappa shape index (κ1) is 14.0. The van der Waals surface area contributed by atoms with Gasteiger partial charge in [0.2, 0.25) is 0 Å². The highest BCUT2D eigenvalue weighted by Gasteiger charge is 2.21. The van der Waals surface area contributed by atoms with Crippen LogP contribution >= 0.6 is 11.6 Å². The van der Waals surface area contributed by atoms with Crippen LogP contribution in [0.5, 0.6) is 0 Å². The number of carbonyl (C=O) groups is 1. The maximum atomic E-state index is 11.2. The average Bonchev–Trinajstić information content (AvgIpc) is 2.30. The van der Waals surface area contributed by atoms with E-state index in [2.05, 4.69) is 13.8 Å². The van der Waals surface area contributed by atoms with Crippen LogP contribution in [0.4, 0.5) is 0 Å². The first-order valence-electron chi connectivity index (χ1n) is 6.00. The van der Waals surface area contributed by atoms with Crippen LogP contribution < -0.4 is 0 Å². The Balaban J connectivity index is 2.74. The second kappa shape index (κ2) is 6.65. The Kier molecular flexibility index (Phi) is 5.49. The van der Waals surface area contributed by atoms with Crippen molar-refractivity contribution < 1.29 is 9.90 Å². The van der Waals surface area contributed by atoms with Gasteiger partial charge in [0.05, 0.1) is 5.92 Å². The summed E-state index contributed by atoms with van der Waals surface area (Å²) in [7, 11) is 0. The Morgan fingerprint density at radius 2 is 2.06 bits per heavy atom. The number of benzene rings is 1. The van der Waals surface area contributed by atoms with Crippen molar-refractivity contribution in [1.29, 1.82) is 0 Å². The molecule has 0 aliphatic heterocycles. The third-order valence-electron chi connectivity index (χ3n) is 3.16. The lowest BCUT2D eigenvalue weighted by Crippen LogP contribution is -2.19. The summed E-state index contributed by atoms with van der Waals surface area (Å²) in [5, 5.41) is 9.88. The van der Waals surface area contributed by atoms with Crippen molar-refractivity contribution in [3.63, 3.8) is 0 Å². The largest absolute Gasteiger partial charge is 0.481 e. The summed E-state index contributed by atoms with van der Waals surface area (Å²) >= 11 is 6.05. The highest BCUT2D eigenvalue weighted by molar-refractivity contribution is 6.31. The van der Waals surface area contributed by atoms with Crippen LogP contribution in [0.3, 0.4) is 0 Å². The molecule has 0 aliphatic rings. The lowest BCUT2D eigenvalue weighted by Gasteiger charge is -2.17. The number of carboxylic acid groups (broad SMARTS) is 1. The zero-order chi connectivity index (χ0) is 12.8. The normalized spacial score (nSPS) is 14.3. The van der Waals surface area contributed by atoms with Crippen molar-refractivity contribution in [2.24, 2.45) is 11.8 Å². The molecular formula is C14H19ClO2. The zero-order valence-corrected chi connectivity index (χ0v) is 11.1. The molecular weight excluding hydrogens is 236 g/mol. The molecule has 3 heteroatoms. The second-order valence-electron chi connectivity index (χ2n) is 4.58. The maximum Gasteiger partial charge on any atom is 0.306 e. The highest BCUT2D eigenvalue weighted by Crippen LogP contribution is 2.23. The van der Waals surface area contributed by atoms with Crippen molar-refractivity contribution in [2.45, 2.75) is 33.1 Å². The zero-order valence-electron chi connectivity index (χ0n) is 10.3. The monoisotopic (exact) mass is 254 g/mol. The van der Waals surface area contributed by atoms with Crippen LogP contribution in [0.1, 0.15) is 32.3 Å². The van der Waals surface area contributed by atoms with Gasteiger partial charge in [-0.25, -0.2) is 0 Å². The Bertz CT molecular complexity index is 376. The number of aliphatic carboxylic acids is 1. The molecule has 0 heterocycles. The van der Waals surface area contributed by atoms with Gasteiger partial charge in [-0.2, -0.15) is 0 Å². The van der Waals surface area contributed by atoms with E-state index in [0.29, 0.717) is 23.8 Å². The van der Waals surface area contributed by atoms with E-state index in [4.69, 9.17) is 11.6 Å². The van der Waals surface area contributed by atoms with Gasteiger partial charge in [-0.3, -0.25) is 4.79 Å². The minimum Gasteiger partial charge on any atom is -0.481 e. The Morgan fingerprint density at radius 1 is 1.41 bits per heavy atom. The van der Waals surface area contributed by atoms with Crippen LogP contribution in [0.15, 0.2) is 24.3 Å². The summed E-state index contributed by atoms with van der Waals surface area (Å²) in [6.45, 7) is 4.17. The summed E-state index contributed by atoms with van der Waals surface area (Å²) in [6.07, 6.45) is 2.22. The van der Waals surface area contributed by atoms with Crippen molar-refractivity contribution >= 4 is 17.6 Å². The van der Waals surface area contributed by atoms with Crippen molar-refractivity contribution in [3.05, 3.63) is 34.9 Å². The van der Waals surface area contributed by atoms with Crippen molar-refractivity contribution in [2.75, 3.05) is 0 Å². The van der Waals surface area contributed by atoms with E-state index in [1.807, 2.05) is 18.2 Å². The van der Waals surface area contributed by atoms with E-state index < -0.39 is 5.97 Å². The second-order valence-corrected chi connectivity index (χ2v) is 4.99. The number of rotatable bonds is 6. The molecule has 0 bridgehead atoms. The molecule has 1 aromatic rings. The fourth-order valence-corrected chi connectivity index (χ4v) is 2.07. The number of carboxylic acids is 1. The van der Waals surface area contributed by atoms with Gasteiger partial charge < -0.3 is 5.11 Å². The number of hydrogen-bond acceptors (Lipinski definition) is 1. The standard InChI is InChI=1S/C14H19ClO2/c1-3-10(2)8-12(14(16)17)9-11-6-4-5-7-13(11)15/h4-7,10,12H,3,8-9H2,1-2H3,(H,16,17). The third kappa shape index (κ3) is 4.39. The molecule has 2 nitrogen and oxygen atoms in total. The summed E-state index contributed by atoms with van der Waals surface area (Å²) in [4.78, 5) is 11.2. The fourth-order valence-electron chi connectivity index (χ4n) is 1.85. The number of halogens is 1. The predicted molar refractivity (Wildman–Crippen MR) is 70.4 cm³/mol. The van der Waals surface area contributed by atoms with E-state index in [9.17, 15) is 9.90 Å². The molecule has 2 atom stereocenters. The van der Waals surface area contributed by atoms with Crippen LogP contribution in [-0.4, -0.2) is 11.1 Å². The minimum absolute atomic E-state index is 0.343. The first-order valence-corrected chi connectivity index (χ1v) is 6.38.